The third-order valence-corrected chi connectivity index (χ3v) is 4.00. The molecule has 1 atom stereocenters. The van der Waals surface area contributed by atoms with E-state index in [0.717, 1.165) is 12.8 Å². The van der Waals surface area contributed by atoms with Crippen molar-refractivity contribution in [3.63, 3.8) is 0 Å². The zero-order valence-electron chi connectivity index (χ0n) is 12.0. The second-order valence-electron chi connectivity index (χ2n) is 5.09. The molecule has 20 heavy (non-hydrogen) atoms. The topological polar surface area (TPSA) is 55.1 Å². The van der Waals surface area contributed by atoms with Gasteiger partial charge in [-0.25, -0.2) is 0 Å². The summed E-state index contributed by atoms with van der Waals surface area (Å²) in [5.41, 5.74) is 6.47. The molecule has 1 aromatic rings. The first kappa shape index (κ1) is 17.1. The highest BCUT2D eigenvalue weighted by molar-refractivity contribution is 6.43. The number of unbranched alkanes of at least 4 members (excludes halogenated alkanes) is 3. The zero-order chi connectivity index (χ0) is 15.1. The molecular weight excluding hydrogens is 295 g/mol. The summed E-state index contributed by atoms with van der Waals surface area (Å²) in [6, 6.07) is 3.22. The molecule has 0 aliphatic carbocycles. The van der Waals surface area contributed by atoms with E-state index in [2.05, 4.69) is 12.2 Å². The van der Waals surface area contributed by atoms with Crippen LogP contribution in [0.3, 0.4) is 0 Å². The Labute approximate surface area is 130 Å². The highest BCUT2D eigenvalue weighted by atomic mass is 35.5. The fourth-order valence-electron chi connectivity index (χ4n) is 2.00. The van der Waals surface area contributed by atoms with Crippen molar-refractivity contribution in [3.05, 3.63) is 27.7 Å². The molecular formula is C15H22Cl2N2O. The number of anilines is 1. The van der Waals surface area contributed by atoms with E-state index in [1.165, 1.54) is 19.3 Å². The van der Waals surface area contributed by atoms with Crippen molar-refractivity contribution in [3.8, 4) is 0 Å². The number of nitrogen functional groups attached to an aromatic ring is 1. The molecule has 0 bridgehead atoms. The van der Waals surface area contributed by atoms with Crippen LogP contribution in [0.5, 0.6) is 0 Å². The largest absolute Gasteiger partial charge is 0.397 e. The van der Waals surface area contributed by atoms with Gasteiger partial charge in [-0.2, -0.15) is 0 Å². The highest BCUT2D eigenvalue weighted by Crippen LogP contribution is 2.29. The Morgan fingerprint density at radius 3 is 2.60 bits per heavy atom. The second kappa shape index (κ2) is 8.38. The normalized spacial score (nSPS) is 12.2. The smallest absolute Gasteiger partial charge is 0.251 e. The fraction of sp³-hybridized carbons (Fsp3) is 0.533. The molecule has 1 amide bonds. The molecule has 1 rings (SSSR count). The number of nitrogens with two attached hydrogens (primary N) is 1. The van der Waals surface area contributed by atoms with Gasteiger partial charge < -0.3 is 11.1 Å². The Morgan fingerprint density at radius 1 is 1.30 bits per heavy atom. The van der Waals surface area contributed by atoms with Crippen LogP contribution in [0.25, 0.3) is 0 Å². The molecule has 0 aliphatic rings. The quantitative estimate of drug-likeness (QED) is 0.567. The second-order valence-corrected chi connectivity index (χ2v) is 5.87. The molecule has 1 aromatic carbocycles. The molecule has 0 saturated carbocycles. The number of carbonyl (C=O) groups is 1. The SMILES string of the molecule is CCCCCCC(C)NC(=O)c1cc(N)c(Cl)c(Cl)c1. The third kappa shape index (κ3) is 5.22. The van der Waals surface area contributed by atoms with Crippen LogP contribution >= 0.6 is 23.2 Å². The number of amides is 1. The predicted molar refractivity (Wildman–Crippen MR) is 86.6 cm³/mol. The molecule has 0 aromatic heterocycles. The average Bonchev–Trinajstić information content (AvgIpc) is 2.40. The lowest BCUT2D eigenvalue weighted by molar-refractivity contribution is 0.0938. The standard InChI is InChI=1S/C15H22Cl2N2O/c1-3-4-5-6-7-10(2)19-15(20)11-8-12(16)14(17)13(18)9-11/h8-10H,3-7,18H2,1-2H3,(H,19,20). The summed E-state index contributed by atoms with van der Waals surface area (Å²) in [5, 5.41) is 3.54. The van der Waals surface area contributed by atoms with Gasteiger partial charge in [0.2, 0.25) is 0 Å². The average molecular weight is 317 g/mol. The minimum atomic E-state index is -0.168. The van der Waals surface area contributed by atoms with Gasteiger partial charge in [0.1, 0.15) is 0 Å². The monoisotopic (exact) mass is 316 g/mol. The summed E-state index contributed by atoms with van der Waals surface area (Å²) in [4.78, 5) is 12.1. The molecule has 112 valence electrons. The first-order chi connectivity index (χ1) is 9.45. The summed E-state index contributed by atoms with van der Waals surface area (Å²) in [6.45, 7) is 4.19. The predicted octanol–water partition coefficient (Wildman–Crippen LogP) is 4.66. The van der Waals surface area contributed by atoms with Gasteiger partial charge in [-0.1, -0.05) is 55.8 Å². The number of benzene rings is 1. The van der Waals surface area contributed by atoms with Gasteiger partial charge in [-0.15, -0.1) is 0 Å². The van der Waals surface area contributed by atoms with Crippen LogP contribution in [0.15, 0.2) is 12.1 Å². The molecule has 0 heterocycles. The maximum absolute atomic E-state index is 12.1. The Morgan fingerprint density at radius 2 is 2.00 bits per heavy atom. The Hall–Kier alpha value is -0.930. The minimum absolute atomic E-state index is 0.134. The van der Waals surface area contributed by atoms with E-state index < -0.39 is 0 Å². The summed E-state index contributed by atoms with van der Waals surface area (Å²) in [7, 11) is 0. The first-order valence-electron chi connectivity index (χ1n) is 7.01. The molecule has 0 fully saturated rings. The maximum atomic E-state index is 12.1. The number of hydrogen-bond donors (Lipinski definition) is 2. The van der Waals surface area contributed by atoms with Crippen LogP contribution < -0.4 is 11.1 Å². The molecule has 1 unspecified atom stereocenters. The van der Waals surface area contributed by atoms with Crippen molar-refractivity contribution in [2.45, 2.75) is 52.0 Å². The van der Waals surface area contributed by atoms with Gasteiger partial charge >= 0.3 is 0 Å². The van der Waals surface area contributed by atoms with Crippen molar-refractivity contribution in [1.29, 1.82) is 0 Å². The van der Waals surface area contributed by atoms with Gasteiger partial charge in [-0.3, -0.25) is 4.79 Å². The van der Waals surface area contributed by atoms with Crippen LogP contribution in [0.4, 0.5) is 5.69 Å². The van der Waals surface area contributed by atoms with E-state index in [-0.39, 0.29) is 17.0 Å². The minimum Gasteiger partial charge on any atom is -0.397 e. The molecule has 5 heteroatoms. The van der Waals surface area contributed by atoms with E-state index in [1.54, 1.807) is 12.1 Å². The lowest BCUT2D eigenvalue weighted by atomic mass is 10.1. The van der Waals surface area contributed by atoms with Gasteiger partial charge in [0, 0.05) is 11.6 Å². The van der Waals surface area contributed by atoms with Crippen LogP contribution in [-0.2, 0) is 0 Å². The van der Waals surface area contributed by atoms with E-state index in [0.29, 0.717) is 16.3 Å². The summed E-state index contributed by atoms with van der Waals surface area (Å²) in [5.74, 6) is -0.168. The first-order valence-corrected chi connectivity index (χ1v) is 7.76. The van der Waals surface area contributed by atoms with Gasteiger partial charge in [0.25, 0.3) is 5.91 Å². The van der Waals surface area contributed by atoms with Crippen molar-refractivity contribution in [2.24, 2.45) is 0 Å². The van der Waals surface area contributed by atoms with E-state index >= 15 is 0 Å². The number of nitrogens with one attached hydrogen (secondary N) is 1. The number of rotatable bonds is 7. The molecule has 0 aliphatic heterocycles. The zero-order valence-corrected chi connectivity index (χ0v) is 13.5. The van der Waals surface area contributed by atoms with E-state index in [1.807, 2.05) is 6.92 Å². The van der Waals surface area contributed by atoms with Crippen molar-refractivity contribution in [1.82, 2.24) is 5.32 Å². The van der Waals surface area contributed by atoms with E-state index in [4.69, 9.17) is 28.9 Å². The summed E-state index contributed by atoms with van der Waals surface area (Å²) < 4.78 is 0. The van der Waals surface area contributed by atoms with Crippen LogP contribution in [0, 0.1) is 0 Å². The fourth-order valence-corrected chi connectivity index (χ4v) is 2.33. The number of carbonyl (C=O) groups excluding carboxylic acids is 1. The lowest BCUT2D eigenvalue weighted by Crippen LogP contribution is -2.32. The van der Waals surface area contributed by atoms with Gasteiger partial charge in [-0.05, 0) is 25.5 Å². The molecule has 0 spiro atoms. The summed E-state index contributed by atoms with van der Waals surface area (Å²) in [6.07, 6.45) is 5.76. The molecule has 0 radical (unpaired) electrons. The third-order valence-electron chi connectivity index (χ3n) is 3.19. The van der Waals surface area contributed by atoms with Crippen LogP contribution in [0.2, 0.25) is 10.0 Å². The molecule has 0 saturated heterocycles. The van der Waals surface area contributed by atoms with Gasteiger partial charge in [0.05, 0.1) is 15.7 Å². The van der Waals surface area contributed by atoms with Crippen molar-refractivity contribution < 1.29 is 4.79 Å². The number of halogens is 2. The number of hydrogen-bond acceptors (Lipinski definition) is 2. The Balaban J connectivity index is 2.54. The lowest BCUT2D eigenvalue weighted by Gasteiger charge is -2.14. The molecule has 3 N–H and O–H groups in total. The van der Waals surface area contributed by atoms with Crippen LogP contribution in [0.1, 0.15) is 56.3 Å². The van der Waals surface area contributed by atoms with Gasteiger partial charge in [0.15, 0.2) is 0 Å². The molecule has 3 nitrogen and oxygen atoms in total. The van der Waals surface area contributed by atoms with Crippen LogP contribution in [-0.4, -0.2) is 11.9 Å². The Kier molecular flexibility index (Phi) is 7.17. The van der Waals surface area contributed by atoms with E-state index in [9.17, 15) is 4.79 Å². The van der Waals surface area contributed by atoms with Crippen molar-refractivity contribution in [2.75, 3.05) is 5.73 Å². The maximum Gasteiger partial charge on any atom is 0.251 e. The Bertz CT molecular complexity index is 440. The summed E-state index contributed by atoms with van der Waals surface area (Å²) >= 11 is 11.8. The highest BCUT2D eigenvalue weighted by Gasteiger charge is 2.13. The van der Waals surface area contributed by atoms with Crippen molar-refractivity contribution >= 4 is 34.8 Å².